The zero-order valence-electron chi connectivity index (χ0n) is 14.2. The Morgan fingerprint density at radius 1 is 0.708 bits per heavy atom. The van der Waals surface area contributed by atoms with Crippen molar-refractivity contribution in [3.05, 3.63) is 59.2 Å². The van der Waals surface area contributed by atoms with Gasteiger partial charge in [-0.2, -0.15) is 0 Å². The van der Waals surface area contributed by atoms with Gasteiger partial charge in [0.15, 0.2) is 11.6 Å². The SMILES string of the molecule is Cc1ccc(-c2ccc(C3CCC(C4CC4)CC3)cc2)c(F)c1F. The fourth-order valence-electron chi connectivity index (χ4n) is 4.30. The van der Waals surface area contributed by atoms with Gasteiger partial charge in [-0.25, -0.2) is 8.78 Å². The van der Waals surface area contributed by atoms with Crippen LogP contribution in [0.5, 0.6) is 0 Å². The molecule has 0 unspecified atom stereocenters. The maximum absolute atomic E-state index is 14.2. The van der Waals surface area contributed by atoms with Crippen LogP contribution in [0.4, 0.5) is 8.78 Å². The molecular weight excluding hydrogens is 302 g/mol. The van der Waals surface area contributed by atoms with E-state index in [-0.39, 0.29) is 0 Å². The van der Waals surface area contributed by atoms with Gasteiger partial charge in [0, 0.05) is 5.56 Å². The summed E-state index contributed by atoms with van der Waals surface area (Å²) in [6.45, 7) is 1.59. The second-order valence-corrected chi connectivity index (χ2v) is 7.63. The lowest BCUT2D eigenvalue weighted by atomic mass is 9.77. The first-order chi connectivity index (χ1) is 11.6. The van der Waals surface area contributed by atoms with Gasteiger partial charge >= 0.3 is 0 Å². The molecule has 2 aromatic carbocycles. The van der Waals surface area contributed by atoms with Gasteiger partial charge in [0.2, 0.25) is 0 Å². The zero-order chi connectivity index (χ0) is 16.7. The Hall–Kier alpha value is -1.70. The Kier molecular flexibility index (Phi) is 4.15. The number of rotatable bonds is 3. The predicted molar refractivity (Wildman–Crippen MR) is 94.0 cm³/mol. The first kappa shape index (κ1) is 15.8. The highest BCUT2D eigenvalue weighted by Gasteiger charge is 2.34. The van der Waals surface area contributed by atoms with Crippen molar-refractivity contribution in [1.82, 2.24) is 0 Å². The van der Waals surface area contributed by atoms with Gasteiger partial charge in [-0.05, 0) is 79.9 Å². The van der Waals surface area contributed by atoms with Crippen LogP contribution in [-0.4, -0.2) is 0 Å². The summed E-state index contributed by atoms with van der Waals surface area (Å²) in [5.74, 6) is 1.13. The van der Waals surface area contributed by atoms with Crippen LogP contribution >= 0.6 is 0 Å². The second-order valence-electron chi connectivity index (χ2n) is 7.63. The standard InChI is InChI=1S/C22H24F2/c1-14-2-13-20(22(24)21(14)23)19-11-9-18(10-12-19)17-7-5-16(6-8-17)15-3-4-15/h2,9-13,15-17H,3-8H2,1H3. The molecule has 2 saturated carbocycles. The maximum atomic E-state index is 14.2. The minimum Gasteiger partial charge on any atom is -0.203 e. The fraction of sp³-hybridized carbons (Fsp3) is 0.455. The molecule has 0 bridgehead atoms. The summed E-state index contributed by atoms with van der Waals surface area (Å²) in [4.78, 5) is 0. The van der Waals surface area contributed by atoms with Crippen LogP contribution in [0, 0.1) is 30.4 Å². The second kappa shape index (κ2) is 6.31. The molecule has 0 aromatic heterocycles. The summed E-state index contributed by atoms with van der Waals surface area (Å²) in [7, 11) is 0. The maximum Gasteiger partial charge on any atom is 0.166 e. The summed E-state index contributed by atoms with van der Waals surface area (Å²) < 4.78 is 27.9. The number of hydrogen-bond acceptors (Lipinski definition) is 0. The molecule has 0 radical (unpaired) electrons. The molecule has 0 aliphatic heterocycles. The minimum absolute atomic E-state index is 0.347. The third-order valence-corrected chi connectivity index (χ3v) is 6.03. The third-order valence-electron chi connectivity index (χ3n) is 6.03. The molecule has 0 atom stereocenters. The summed E-state index contributed by atoms with van der Waals surface area (Å²) in [5.41, 5.74) is 2.80. The van der Waals surface area contributed by atoms with Gasteiger partial charge in [0.25, 0.3) is 0 Å². The molecule has 0 saturated heterocycles. The number of hydrogen-bond donors (Lipinski definition) is 0. The van der Waals surface area contributed by atoms with Gasteiger partial charge in [0.1, 0.15) is 0 Å². The van der Waals surface area contributed by atoms with Crippen molar-refractivity contribution in [3.8, 4) is 11.1 Å². The molecule has 2 heteroatoms. The molecule has 4 rings (SSSR count). The minimum atomic E-state index is -0.743. The molecule has 0 amide bonds. The van der Waals surface area contributed by atoms with Gasteiger partial charge in [-0.15, -0.1) is 0 Å². The van der Waals surface area contributed by atoms with Crippen LogP contribution in [0.2, 0.25) is 0 Å². The lowest BCUT2D eigenvalue weighted by Crippen LogP contribution is -2.14. The summed E-state index contributed by atoms with van der Waals surface area (Å²) in [6.07, 6.45) is 8.15. The van der Waals surface area contributed by atoms with Crippen LogP contribution in [0.15, 0.2) is 36.4 Å². The van der Waals surface area contributed by atoms with Gasteiger partial charge in [0.05, 0.1) is 0 Å². The van der Waals surface area contributed by atoms with Crippen molar-refractivity contribution in [2.45, 2.75) is 51.4 Å². The van der Waals surface area contributed by atoms with Crippen molar-refractivity contribution in [2.24, 2.45) is 11.8 Å². The normalized spacial score (nSPS) is 24.1. The van der Waals surface area contributed by atoms with Crippen LogP contribution in [-0.2, 0) is 0 Å². The van der Waals surface area contributed by atoms with Crippen LogP contribution in [0.1, 0.15) is 55.6 Å². The van der Waals surface area contributed by atoms with Crippen molar-refractivity contribution < 1.29 is 8.78 Å². The molecule has 126 valence electrons. The third kappa shape index (κ3) is 2.99. The van der Waals surface area contributed by atoms with E-state index < -0.39 is 11.6 Å². The van der Waals surface area contributed by atoms with Crippen LogP contribution in [0.25, 0.3) is 11.1 Å². The topological polar surface area (TPSA) is 0 Å². The van der Waals surface area contributed by atoms with E-state index >= 15 is 0 Å². The highest BCUT2D eigenvalue weighted by molar-refractivity contribution is 5.65. The lowest BCUT2D eigenvalue weighted by Gasteiger charge is -2.29. The first-order valence-corrected chi connectivity index (χ1v) is 9.18. The lowest BCUT2D eigenvalue weighted by molar-refractivity contribution is 0.296. The van der Waals surface area contributed by atoms with E-state index in [0.29, 0.717) is 17.0 Å². The van der Waals surface area contributed by atoms with Crippen molar-refractivity contribution in [1.29, 1.82) is 0 Å². The predicted octanol–water partition coefficient (Wildman–Crippen LogP) is 6.62. The summed E-state index contributed by atoms with van der Waals surface area (Å²) in [6, 6.07) is 11.4. The molecule has 0 nitrogen and oxygen atoms in total. The molecule has 24 heavy (non-hydrogen) atoms. The van der Waals surface area contributed by atoms with Crippen molar-refractivity contribution in [3.63, 3.8) is 0 Å². The molecule has 2 aromatic rings. The molecule has 0 N–H and O–H groups in total. The molecule has 0 spiro atoms. The van der Waals surface area contributed by atoms with E-state index in [0.717, 1.165) is 17.4 Å². The first-order valence-electron chi connectivity index (χ1n) is 9.18. The van der Waals surface area contributed by atoms with E-state index in [2.05, 4.69) is 12.1 Å². The highest BCUT2D eigenvalue weighted by Crippen LogP contribution is 2.47. The van der Waals surface area contributed by atoms with E-state index in [9.17, 15) is 8.78 Å². The van der Waals surface area contributed by atoms with Crippen molar-refractivity contribution in [2.75, 3.05) is 0 Å². The largest absolute Gasteiger partial charge is 0.203 e. The van der Waals surface area contributed by atoms with Gasteiger partial charge < -0.3 is 0 Å². The van der Waals surface area contributed by atoms with Crippen LogP contribution < -0.4 is 0 Å². The number of aryl methyl sites for hydroxylation is 1. The van der Waals surface area contributed by atoms with E-state index in [1.54, 1.807) is 19.1 Å². The average Bonchev–Trinajstić information content (AvgIpc) is 3.46. The van der Waals surface area contributed by atoms with Gasteiger partial charge in [-0.1, -0.05) is 36.4 Å². The Morgan fingerprint density at radius 2 is 1.29 bits per heavy atom. The van der Waals surface area contributed by atoms with Crippen molar-refractivity contribution >= 4 is 0 Å². The van der Waals surface area contributed by atoms with E-state index in [1.807, 2.05) is 12.1 Å². The molecule has 2 aliphatic rings. The summed E-state index contributed by atoms with van der Waals surface area (Å²) in [5, 5.41) is 0. The van der Waals surface area contributed by atoms with E-state index in [4.69, 9.17) is 0 Å². The Bertz CT molecular complexity index is 720. The molecule has 2 fully saturated rings. The monoisotopic (exact) mass is 326 g/mol. The summed E-state index contributed by atoms with van der Waals surface area (Å²) >= 11 is 0. The Labute approximate surface area is 142 Å². The Morgan fingerprint density at radius 3 is 1.88 bits per heavy atom. The fourth-order valence-corrected chi connectivity index (χ4v) is 4.30. The zero-order valence-corrected chi connectivity index (χ0v) is 14.2. The average molecular weight is 326 g/mol. The van der Waals surface area contributed by atoms with Gasteiger partial charge in [-0.3, -0.25) is 0 Å². The highest BCUT2D eigenvalue weighted by atomic mass is 19.2. The molecule has 2 aliphatic carbocycles. The molecular formula is C22H24F2. The molecule has 0 heterocycles. The van der Waals surface area contributed by atoms with Crippen LogP contribution in [0.3, 0.4) is 0 Å². The quantitative estimate of drug-likeness (QED) is 0.594. The number of halogens is 2. The Balaban J connectivity index is 1.50. The number of benzene rings is 2. The van der Waals surface area contributed by atoms with E-state index in [1.165, 1.54) is 44.1 Å². The smallest absolute Gasteiger partial charge is 0.166 e.